The lowest BCUT2D eigenvalue weighted by Crippen LogP contribution is -1.96. The van der Waals surface area contributed by atoms with E-state index in [0.717, 1.165) is 23.2 Å². The first-order valence-electron chi connectivity index (χ1n) is 4.60. The maximum Gasteiger partial charge on any atom is 0.122 e. The fourth-order valence-corrected chi connectivity index (χ4v) is 1.65. The van der Waals surface area contributed by atoms with Crippen LogP contribution in [0.4, 0.5) is 0 Å². The summed E-state index contributed by atoms with van der Waals surface area (Å²) in [6.45, 7) is 6.95. The summed E-state index contributed by atoms with van der Waals surface area (Å²) < 4.78 is 6.70. The van der Waals surface area contributed by atoms with E-state index in [1.165, 1.54) is 11.1 Å². The second-order valence-corrected chi connectivity index (χ2v) is 3.85. The molecule has 0 aliphatic carbocycles. The molecular formula is C11H15BrO. The lowest BCUT2D eigenvalue weighted by Gasteiger charge is -2.10. The van der Waals surface area contributed by atoms with Crippen molar-refractivity contribution in [3.63, 3.8) is 0 Å². The average Bonchev–Trinajstić information content (AvgIpc) is 2.11. The van der Waals surface area contributed by atoms with Gasteiger partial charge in [0.15, 0.2) is 0 Å². The molecule has 2 heteroatoms. The van der Waals surface area contributed by atoms with Crippen molar-refractivity contribution in [2.75, 3.05) is 6.61 Å². The molecule has 0 aromatic heterocycles. The summed E-state index contributed by atoms with van der Waals surface area (Å²) in [5.74, 6) is 1.02. The zero-order valence-corrected chi connectivity index (χ0v) is 9.94. The van der Waals surface area contributed by atoms with Crippen LogP contribution in [0.3, 0.4) is 0 Å². The third kappa shape index (κ3) is 2.47. The number of aryl methyl sites for hydroxylation is 2. The van der Waals surface area contributed by atoms with Gasteiger partial charge in [-0.2, -0.15) is 0 Å². The van der Waals surface area contributed by atoms with Crippen molar-refractivity contribution in [2.24, 2.45) is 0 Å². The lowest BCUT2D eigenvalue weighted by molar-refractivity contribution is 0.336. The Bertz CT molecular complexity index is 294. The van der Waals surface area contributed by atoms with Crippen LogP contribution in [-0.4, -0.2) is 6.61 Å². The minimum atomic E-state index is 0.730. The van der Waals surface area contributed by atoms with Crippen LogP contribution < -0.4 is 4.74 Å². The van der Waals surface area contributed by atoms with Crippen LogP contribution >= 0.6 is 15.9 Å². The highest BCUT2D eigenvalue weighted by molar-refractivity contribution is 9.10. The van der Waals surface area contributed by atoms with Crippen LogP contribution in [0.15, 0.2) is 16.6 Å². The van der Waals surface area contributed by atoms with Gasteiger partial charge in [0.1, 0.15) is 5.75 Å². The molecule has 0 saturated heterocycles. The molecule has 0 amide bonds. The zero-order chi connectivity index (χ0) is 9.84. The summed E-state index contributed by atoms with van der Waals surface area (Å²) in [4.78, 5) is 0. The fraction of sp³-hybridized carbons (Fsp3) is 0.455. The van der Waals surface area contributed by atoms with Crippen molar-refractivity contribution < 1.29 is 4.74 Å². The van der Waals surface area contributed by atoms with E-state index in [0.29, 0.717) is 0 Å². The highest BCUT2D eigenvalue weighted by Crippen LogP contribution is 2.27. The summed E-state index contributed by atoms with van der Waals surface area (Å²) in [5, 5.41) is 0. The van der Waals surface area contributed by atoms with Gasteiger partial charge in [0.2, 0.25) is 0 Å². The first kappa shape index (κ1) is 10.6. The van der Waals surface area contributed by atoms with Gasteiger partial charge in [-0.05, 0) is 43.5 Å². The van der Waals surface area contributed by atoms with Crippen LogP contribution in [0.5, 0.6) is 5.75 Å². The molecule has 0 aliphatic heterocycles. The molecular weight excluding hydrogens is 228 g/mol. The molecule has 0 spiro atoms. The lowest BCUT2D eigenvalue weighted by atomic mass is 10.1. The standard InChI is InChI=1S/C11H15BrO/c1-4-9-7-10(12)8(3)6-11(9)13-5-2/h6-7H,4-5H2,1-3H3. The largest absolute Gasteiger partial charge is 0.494 e. The minimum Gasteiger partial charge on any atom is -0.494 e. The Morgan fingerprint density at radius 2 is 2.00 bits per heavy atom. The molecule has 0 aliphatic rings. The van der Waals surface area contributed by atoms with E-state index >= 15 is 0 Å². The van der Waals surface area contributed by atoms with Gasteiger partial charge in [0, 0.05) is 4.47 Å². The molecule has 0 heterocycles. The molecule has 0 N–H and O–H groups in total. The highest BCUT2D eigenvalue weighted by atomic mass is 79.9. The van der Waals surface area contributed by atoms with Gasteiger partial charge in [-0.3, -0.25) is 0 Å². The number of ether oxygens (including phenoxy) is 1. The average molecular weight is 243 g/mol. The van der Waals surface area contributed by atoms with Gasteiger partial charge in [0.25, 0.3) is 0 Å². The van der Waals surface area contributed by atoms with Gasteiger partial charge in [-0.1, -0.05) is 22.9 Å². The molecule has 0 bridgehead atoms. The Balaban J connectivity index is 3.09. The maximum absolute atomic E-state index is 5.54. The Labute approximate surface area is 88.2 Å². The van der Waals surface area contributed by atoms with Crippen molar-refractivity contribution in [2.45, 2.75) is 27.2 Å². The van der Waals surface area contributed by atoms with E-state index in [2.05, 4.69) is 41.9 Å². The smallest absolute Gasteiger partial charge is 0.122 e. The van der Waals surface area contributed by atoms with Gasteiger partial charge in [0.05, 0.1) is 6.61 Å². The third-order valence-electron chi connectivity index (χ3n) is 2.02. The number of halogens is 1. The SMILES string of the molecule is CCOc1cc(C)c(Br)cc1CC. The molecule has 1 aromatic carbocycles. The van der Waals surface area contributed by atoms with Gasteiger partial charge in [-0.25, -0.2) is 0 Å². The third-order valence-corrected chi connectivity index (χ3v) is 2.88. The molecule has 0 fully saturated rings. The molecule has 1 nitrogen and oxygen atoms in total. The maximum atomic E-state index is 5.54. The van der Waals surface area contributed by atoms with E-state index < -0.39 is 0 Å². The van der Waals surface area contributed by atoms with E-state index in [4.69, 9.17) is 4.74 Å². The molecule has 0 unspecified atom stereocenters. The zero-order valence-electron chi connectivity index (χ0n) is 8.36. The normalized spacial score (nSPS) is 10.2. The Hall–Kier alpha value is -0.500. The molecule has 0 radical (unpaired) electrons. The number of benzene rings is 1. The van der Waals surface area contributed by atoms with Gasteiger partial charge >= 0.3 is 0 Å². The van der Waals surface area contributed by atoms with E-state index in [-0.39, 0.29) is 0 Å². The first-order valence-corrected chi connectivity index (χ1v) is 5.40. The van der Waals surface area contributed by atoms with Crippen molar-refractivity contribution in [1.82, 2.24) is 0 Å². The predicted octanol–water partition coefficient (Wildman–Crippen LogP) is 3.72. The van der Waals surface area contributed by atoms with Crippen molar-refractivity contribution in [1.29, 1.82) is 0 Å². The first-order chi connectivity index (χ1) is 6.19. The number of rotatable bonds is 3. The van der Waals surface area contributed by atoms with Crippen LogP contribution in [0.25, 0.3) is 0 Å². The minimum absolute atomic E-state index is 0.730. The Morgan fingerprint density at radius 1 is 1.31 bits per heavy atom. The Morgan fingerprint density at radius 3 is 2.54 bits per heavy atom. The van der Waals surface area contributed by atoms with Crippen LogP contribution in [0.2, 0.25) is 0 Å². The summed E-state index contributed by atoms with van der Waals surface area (Å²) in [5.41, 5.74) is 2.49. The summed E-state index contributed by atoms with van der Waals surface area (Å²) in [6.07, 6.45) is 1.01. The summed E-state index contributed by atoms with van der Waals surface area (Å²) >= 11 is 3.52. The second kappa shape index (κ2) is 4.66. The monoisotopic (exact) mass is 242 g/mol. The molecule has 0 atom stereocenters. The van der Waals surface area contributed by atoms with Crippen LogP contribution in [0.1, 0.15) is 25.0 Å². The number of hydrogen-bond donors (Lipinski definition) is 0. The van der Waals surface area contributed by atoms with E-state index in [1.54, 1.807) is 0 Å². The fourth-order valence-electron chi connectivity index (χ4n) is 1.26. The topological polar surface area (TPSA) is 9.23 Å². The molecule has 72 valence electrons. The highest BCUT2D eigenvalue weighted by Gasteiger charge is 2.04. The second-order valence-electron chi connectivity index (χ2n) is 3.00. The van der Waals surface area contributed by atoms with E-state index in [1.807, 2.05) is 6.92 Å². The van der Waals surface area contributed by atoms with Gasteiger partial charge < -0.3 is 4.74 Å². The quantitative estimate of drug-likeness (QED) is 0.786. The van der Waals surface area contributed by atoms with Crippen LogP contribution in [0, 0.1) is 6.92 Å². The van der Waals surface area contributed by atoms with Crippen LogP contribution in [-0.2, 0) is 6.42 Å². The van der Waals surface area contributed by atoms with Crippen molar-refractivity contribution >= 4 is 15.9 Å². The van der Waals surface area contributed by atoms with Gasteiger partial charge in [-0.15, -0.1) is 0 Å². The molecule has 1 rings (SSSR count). The van der Waals surface area contributed by atoms with Crippen molar-refractivity contribution in [3.05, 3.63) is 27.7 Å². The predicted molar refractivity (Wildman–Crippen MR) is 59.4 cm³/mol. The molecule has 1 aromatic rings. The molecule has 0 saturated carbocycles. The summed E-state index contributed by atoms with van der Waals surface area (Å²) in [6, 6.07) is 4.23. The van der Waals surface area contributed by atoms with Crippen molar-refractivity contribution in [3.8, 4) is 5.75 Å². The van der Waals surface area contributed by atoms with E-state index in [9.17, 15) is 0 Å². The summed E-state index contributed by atoms with van der Waals surface area (Å²) in [7, 11) is 0. The molecule has 13 heavy (non-hydrogen) atoms. The number of hydrogen-bond acceptors (Lipinski definition) is 1. The Kier molecular flexibility index (Phi) is 3.79.